The van der Waals surface area contributed by atoms with Crippen LogP contribution in [0.3, 0.4) is 0 Å². The van der Waals surface area contributed by atoms with Crippen molar-refractivity contribution in [2.24, 2.45) is 10.2 Å². The number of rotatable bonds is 45. The molecule has 0 amide bonds. The van der Waals surface area contributed by atoms with Crippen LogP contribution in [0.15, 0.2) is 83.0 Å². The maximum absolute atomic E-state index is 12.5. The lowest BCUT2D eigenvalue weighted by Gasteiger charge is -2.19. The third kappa shape index (κ3) is 29.5. The van der Waals surface area contributed by atoms with E-state index in [0.717, 1.165) is 53.3 Å². The predicted octanol–water partition coefficient (Wildman–Crippen LogP) is 18.9. The summed E-state index contributed by atoms with van der Waals surface area (Å²) in [5, 5.41) is 8.85. The minimum Gasteiger partial charge on any atom is -0.490 e. The topological polar surface area (TPSA) is 105 Å². The first-order valence-electron chi connectivity index (χ1n) is 28.5. The first kappa shape index (κ1) is 60.6. The Morgan fingerprint density at radius 3 is 1.17 bits per heavy atom. The molecule has 3 rings (SSSR count). The molecule has 9 nitrogen and oxygen atoms in total. The van der Waals surface area contributed by atoms with E-state index in [2.05, 4.69) is 61.8 Å². The summed E-state index contributed by atoms with van der Waals surface area (Å²) >= 11 is 0. The predicted molar refractivity (Wildman–Crippen MR) is 294 cm³/mol. The normalized spacial score (nSPS) is 11.3. The average molecular weight is 981 g/mol. The van der Waals surface area contributed by atoms with Crippen LogP contribution in [0.25, 0.3) is 0 Å². The summed E-state index contributed by atoms with van der Waals surface area (Å²) in [7, 11) is 0. The number of hydrogen-bond acceptors (Lipinski definition) is 9. The summed E-state index contributed by atoms with van der Waals surface area (Å²) < 4.78 is 30.2. The number of carbonyl (C=O) groups is 2. The SMILES string of the molecule is C=C(C)C(=O)OCCOC(=O)c1ccc(N=Nc2ccc(Cc3cc(OCCCCCCCCCCCC)c(OCCCCCCCCCCCC)c(OCCCCCCCCCCCC)c3)cc2)cc1. The van der Waals surface area contributed by atoms with Gasteiger partial charge in [-0.25, -0.2) is 9.59 Å². The van der Waals surface area contributed by atoms with E-state index < -0.39 is 11.9 Å². The highest BCUT2D eigenvalue weighted by molar-refractivity contribution is 5.89. The van der Waals surface area contributed by atoms with Crippen molar-refractivity contribution in [3.63, 3.8) is 0 Å². The number of azo groups is 1. The molecule has 0 radical (unpaired) electrons. The van der Waals surface area contributed by atoms with Crippen LogP contribution < -0.4 is 14.2 Å². The van der Waals surface area contributed by atoms with Gasteiger partial charge in [0, 0.05) is 5.57 Å². The highest BCUT2D eigenvalue weighted by atomic mass is 16.6. The van der Waals surface area contributed by atoms with Gasteiger partial charge in [-0.1, -0.05) is 213 Å². The van der Waals surface area contributed by atoms with Crippen molar-refractivity contribution in [1.82, 2.24) is 0 Å². The molecule has 0 aromatic heterocycles. The molecule has 0 bridgehead atoms. The molecule has 3 aromatic carbocycles. The Balaban J connectivity index is 1.68. The van der Waals surface area contributed by atoms with Gasteiger partial charge < -0.3 is 23.7 Å². The third-order valence-electron chi connectivity index (χ3n) is 13.0. The van der Waals surface area contributed by atoms with Gasteiger partial charge in [-0.05, 0) is 92.3 Å². The van der Waals surface area contributed by atoms with E-state index in [1.54, 1.807) is 31.2 Å². The summed E-state index contributed by atoms with van der Waals surface area (Å²) in [6.45, 7) is 13.8. The van der Waals surface area contributed by atoms with Crippen molar-refractivity contribution in [3.8, 4) is 17.2 Å². The Labute approximate surface area is 431 Å². The fourth-order valence-corrected chi connectivity index (χ4v) is 8.57. The highest BCUT2D eigenvalue weighted by Gasteiger charge is 2.17. The monoisotopic (exact) mass is 981 g/mol. The van der Waals surface area contributed by atoms with Gasteiger partial charge in [0.1, 0.15) is 13.2 Å². The largest absolute Gasteiger partial charge is 0.490 e. The molecule has 0 saturated carbocycles. The summed E-state index contributed by atoms with van der Waals surface area (Å²) in [5.41, 5.74) is 4.25. The molecular weight excluding hydrogens is 885 g/mol. The van der Waals surface area contributed by atoms with Crippen LogP contribution in [0.4, 0.5) is 11.4 Å². The molecule has 0 aliphatic heterocycles. The fourth-order valence-electron chi connectivity index (χ4n) is 8.57. The first-order chi connectivity index (χ1) is 34.8. The smallest absolute Gasteiger partial charge is 0.338 e. The van der Waals surface area contributed by atoms with E-state index in [-0.39, 0.29) is 13.2 Å². The molecule has 3 aromatic rings. The van der Waals surface area contributed by atoms with Gasteiger partial charge in [-0.2, -0.15) is 10.2 Å². The number of esters is 2. The quantitative estimate of drug-likeness (QED) is 0.0240. The van der Waals surface area contributed by atoms with Crippen molar-refractivity contribution in [3.05, 3.63) is 89.5 Å². The molecule has 0 fully saturated rings. The maximum atomic E-state index is 12.5. The minimum atomic E-state index is -0.515. The Morgan fingerprint density at radius 1 is 0.423 bits per heavy atom. The lowest BCUT2D eigenvalue weighted by Crippen LogP contribution is -2.14. The molecule has 0 aliphatic rings. The van der Waals surface area contributed by atoms with Crippen molar-refractivity contribution in [2.45, 2.75) is 227 Å². The van der Waals surface area contributed by atoms with E-state index in [1.165, 1.54) is 173 Å². The van der Waals surface area contributed by atoms with Crippen LogP contribution in [0.5, 0.6) is 17.2 Å². The fraction of sp³-hybridized carbons (Fsp3) is 0.645. The number of unbranched alkanes of at least 4 members (excludes halogenated alkanes) is 27. The number of ether oxygens (including phenoxy) is 5. The van der Waals surface area contributed by atoms with E-state index in [9.17, 15) is 9.59 Å². The molecule has 0 atom stereocenters. The Hall–Kier alpha value is -4.66. The summed E-state index contributed by atoms with van der Waals surface area (Å²) in [4.78, 5) is 24.0. The van der Waals surface area contributed by atoms with Gasteiger partial charge in [0.15, 0.2) is 11.5 Å². The number of nitrogens with zero attached hydrogens (tertiary/aromatic N) is 2. The summed E-state index contributed by atoms with van der Waals surface area (Å²) in [6.07, 6.45) is 39.2. The van der Waals surface area contributed by atoms with Gasteiger partial charge in [-0.15, -0.1) is 0 Å². The first-order valence-corrected chi connectivity index (χ1v) is 28.5. The standard InChI is InChI=1S/C62H96N2O7/c1-6-9-12-15-18-21-24-27-30-33-44-67-58-50-54(49-53-36-40-56(41-37-53)63-64-57-42-38-55(39-43-57)62(66)71-48-47-70-61(65)52(4)5)51-59(68-45-34-31-28-25-22-19-16-13-10-7-2)60(58)69-46-35-32-29-26-23-20-17-14-11-8-3/h36-43,50-51H,4,6-35,44-49H2,1-3,5H3. The number of carbonyl (C=O) groups excluding carboxylic acids is 2. The molecule has 0 aliphatic carbocycles. The second-order valence-electron chi connectivity index (χ2n) is 19.7. The molecule has 0 N–H and O–H groups in total. The van der Waals surface area contributed by atoms with Gasteiger partial charge in [0.2, 0.25) is 5.75 Å². The van der Waals surface area contributed by atoms with Gasteiger partial charge >= 0.3 is 11.9 Å². The van der Waals surface area contributed by atoms with Crippen molar-refractivity contribution in [2.75, 3.05) is 33.0 Å². The molecule has 0 spiro atoms. The van der Waals surface area contributed by atoms with Crippen LogP contribution in [-0.4, -0.2) is 45.0 Å². The Kier molecular flexibility index (Phi) is 34.9. The number of benzene rings is 3. The van der Waals surface area contributed by atoms with Crippen LogP contribution in [0.2, 0.25) is 0 Å². The minimum absolute atomic E-state index is 0.0346. The molecular formula is C62H96N2O7. The summed E-state index contributed by atoms with van der Waals surface area (Å²) in [6, 6.07) is 19.2. The molecule has 0 unspecified atom stereocenters. The van der Waals surface area contributed by atoms with Crippen molar-refractivity contribution in [1.29, 1.82) is 0 Å². The molecule has 396 valence electrons. The Morgan fingerprint density at radius 2 is 0.775 bits per heavy atom. The number of hydrogen-bond donors (Lipinski definition) is 0. The van der Waals surface area contributed by atoms with E-state index in [0.29, 0.717) is 43.1 Å². The lowest BCUT2D eigenvalue weighted by atomic mass is 10.0. The average Bonchev–Trinajstić information content (AvgIpc) is 3.38. The van der Waals surface area contributed by atoms with E-state index in [4.69, 9.17) is 23.7 Å². The zero-order valence-electron chi connectivity index (χ0n) is 45.2. The molecule has 71 heavy (non-hydrogen) atoms. The molecule has 0 saturated heterocycles. The van der Waals surface area contributed by atoms with Crippen molar-refractivity contribution >= 4 is 23.3 Å². The van der Waals surface area contributed by atoms with Crippen molar-refractivity contribution < 1.29 is 33.3 Å². The van der Waals surface area contributed by atoms with Crippen LogP contribution >= 0.6 is 0 Å². The van der Waals surface area contributed by atoms with E-state index >= 15 is 0 Å². The third-order valence-corrected chi connectivity index (χ3v) is 13.0. The van der Waals surface area contributed by atoms with E-state index in [1.807, 2.05) is 12.1 Å². The van der Waals surface area contributed by atoms with Crippen LogP contribution in [-0.2, 0) is 20.7 Å². The highest BCUT2D eigenvalue weighted by Crippen LogP contribution is 2.40. The Bertz CT molecular complexity index is 1810. The van der Waals surface area contributed by atoms with Gasteiger partial charge in [0.05, 0.1) is 36.8 Å². The van der Waals surface area contributed by atoms with Gasteiger partial charge in [0.25, 0.3) is 0 Å². The second kappa shape index (κ2) is 40.9. The molecule has 0 heterocycles. The maximum Gasteiger partial charge on any atom is 0.338 e. The second-order valence-corrected chi connectivity index (χ2v) is 19.7. The zero-order valence-corrected chi connectivity index (χ0v) is 45.2. The molecule has 9 heteroatoms. The summed E-state index contributed by atoms with van der Waals surface area (Å²) in [5.74, 6) is 1.31. The zero-order chi connectivity index (χ0) is 50.8. The lowest BCUT2D eigenvalue weighted by molar-refractivity contribution is -0.140. The van der Waals surface area contributed by atoms with Crippen LogP contribution in [0, 0.1) is 0 Å². The van der Waals surface area contributed by atoms with Crippen LogP contribution in [0.1, 0.15) is 242 Å². The van der Waals surface area contributed by atoms with Gasteiger partial charge in [-0.3, -0.25) is 0 Å².